The van der Waals surface area contributed by atoms with Gasteiger partial charge in [-0.2, -0.15) is 0 Å². The number of urea groups is 1. The molecule has 1 saturated heterocycles. The minimum absolute atomic E-state index is 0.0716. The zero-order chi connectivity index (χ0) is 23.7. The van der Waals surface area contributed by atoms with E-state index >= 15 is 0 Å². The number of aromatic hydroxyl groups is 1. The Hall–Kier alpha value is -4.41. The van der Waals surface area contributed by atoms with Gasteiger partial charge < -0.3 is 20.3 Å². The molecule has 170 valence electrons. The van der Waals surface area contributed by atoms with Gasteiger partial charge in [-0.1, -0.05) is 12.1 Å². The lowest BCUT2D eigenvalue weighted by Crippen LogP contribution is -2.41. The Labute approximate surface area is 187 Å². The average Bonchev–Trinajstić information content (AvgIpc) is 3.09. The smallest absolute Gasteiger partial charge is 0.319 e. The van der Waals surface area contributed by atoms with Crippen molar-refractivity contribution in [3.8, 4) is 5.88 Å². The number of aromatic nitrogens is 1. The summed E-state index contributed by atoms with van der Waals surface area (Å²) in [5.74, 6) is -0.867. The van der Waals surface area contributed by atoms with E-state index in [1.165, 1.54) is 10.6 Å². The Morgan fingerprint density at radius 3 is 2.79 bits per heavy atom. The van der Waals surface area contributed by atoms with E-state index in [1.54, 1.807) is 43.5 Å². The van der Waals surface area contributed by atoms with E-state index in [0.29, 0.717) is 28.4 Å². The van der Waals surface area contributed by atoms with Gasteiger partial charge in [-0.3, -0.25) is 25.0 Å². The molecule has 0 saturated carbocycles. The number of benzene rings is 2. The number of carbonyl (C=O) groups excluding carboxylic acids is 3. The normalized spacial score (nSPS) is 15.8. The second kappa shape index (κ2) is 8.61. The van der Waals surface area contributed by atoms with Crippen LogP contribution in [0, 0.1) is 17.0 Å². The number of nitrogens with zero attached hydrogens (tertiary/aromatic N) is 2. The fourth-order valence-electron chi connectivity index (χ4n) is 3.81. The highest BCUT2D eigenvalue weighted by molar-refractivity contribution is 6.00. The third-order valence-corrected chi connectivity index (χ3v) is 5.54. The van der Waals surface area contributed by atoms with Gasteiger partial charge in [0.15, 0.2) is 5.88 Å². The Morgan fingerprint density at radius 1 is 1.27 bits per heavy atom. The number of imide groups is 1. The van der Waals surface area contributed by atoms with Crippen LogP contribution >= 0.6 is 0 Å². The molecule has 0 bridgehead atoms. The Balaban J connectivity index is 1.45. The molecule has 1 fully saturated rings. The van der Waals surface area contributed by atoms with E-state index in [0.717, 1.165) is 5.56 Å². The lowest BCUT2D eigenvalue weighted by atomic mass is 10.1. The number of hydrogen-bond donors (Lipinski definition) is 4. The highest BCUT2D eigenvalue weighted by atomic mass is 16.6. The Morgan fingerprint density at radius 2 is 2.06 bits per heavy atom. The van der Waals surface area contributed by atoms with Crippen molar-refractivity contribution in [1.29, 1.82) is 0 Å². The number of fused-ring (bicyclic) bond motifs is 1. The first-order chi connectivity index (χ1) is 15.7. The summed E-state index contributed by atoms with van der Waals surface area (Å²) in [6, 6.07) is 8.41. The van der Waals surface area contributed by atoms with E-state index in [9.17, 15) is 29.6 Å². The van der Waals surface area contributed by atoms with Crippen molar-refractivity contribution in [2.24, 2.45) is 0 Å². The number of nitro groups is 1. The van der Waals surface area contributed by atoms with Gasteiger partial charge in [0.25, 0.3) is 5.69 Å². The Bertz CT molecular complexity index is 1300. The van der Waals surface area contributed by atoms with Crippen LogP contribution < -0.4 is 16.0 Å². The molecular formula is C22H21N5O6. The molecule has 0 aliphatic carbocycles. The molecule has 1 aliphatic rings. The average molecular weight is 451 g/mol. The van der Waals surface area contributed by atoms with Gasteiger partial charge in [0.05, 0.1) is 4.92 Å². The molecule has 2 heterocycles. The van der Waals surface area contributed by atoms with E-state index in [1.807, 2.05) is 0 Å². The maximum absolute atomic E-state index is 12.2. The molecule has 1 unspecified atom stereocenters. The number of hydrogen-bond acceptors (Lipinski definition) is 6. The summed E-state index contributed by atoms with van der Waals surface area (Å²) >= 11 is 0. The maximum Gasteiger partial charge on any atom is 0.319 e. The second-order valence-corrected chi connectivity index (χ2v) is 7.81. The van der Waals surface area contributed by atoms with Crippen molar-refractivity contribution in [1.82, 2.24) is 15.2 Å². The van der Waals surface area contributed by atoms with E-state index in [4.69, 9.17) is 0 Å². The number of nitro benzene ring substituents is 1. The predicted molar refractivity (Wildman–Crippen MR) is 119 cm³/mol. The molecule has 4 N–H and O–H groups in total. The van der Waals surface area contributed by atoms with Gasteiger partial charge in [0.1, 0.15) is 6.04 Å². The van der Waals surface area contributed by atoms with Gasteiger partial charge >= 0.3 is 6.03 Å². The standard InChI is InChI=1S/C22H21N5O6/c1-12-2-4-15(9-18(12)27(32)33)24-22(31)23-10-13-3-5-16-14(8-13)11-26(21(16)30)17-6-7-19(28)25-20(17)29/h2-5,8-9,11,17,30H,6-7,10H2,1H3,(H2,23,24,31)(H,25,28,29). The fraction of sp³-hybridized carbons (Fsp3) is 0.227. The summed E-state index contributed by atoms with van der Waals surface area (Å²) < 4.78 is 1.45. The molecule has 3 aromatic rings. The molecule has 4 rings (SSSR count). The van der Waals surface area contributed by atoms with Crippen molar-refractivity contribution in [2.45, 2.75) is 32.4 Å². The quantitative estimate of drug-likeness (QED) is 0.266. The van der Waals surface area contributed by atoms with Gasteiger partial charge in [-0.15, -0.1) is 0 Å². The topological polar surface area (TPSA) is 156 Å². The van der Waals surface area contributed by atoms with Crippen LogP contribution in [0.3, 0.4) is 0 Å². The number of rotatable bonds is 5. The number of aryl methyl sites for hydroxylation is 1. The van der Waals surface area contributed by atoms with Crippen LogP contribution in [0.4, 0.5) is 16.2 Å². The second-order valence-electron chi connectivity index (χ2n) is 7.81. The van der Waals surface area contributed by atoms with E-state index < -0.39 is 22.9 Å². The summed E-state index contributed by atoms with van der Waals surface area (Å²) in [4.78, 5) is 46.3. The summed E-state index contributed by atoms with van der Waals surface area (Å²) in [5.41, 5.74) is 1.45. The van der Waals surface area contributed by atoms with E-state index in [2.05, 4.69) is 16.0 Å². The van der Waals surface area contributed by atoms with Crippen molar-refractivity contribution < 1.29 is 24.4 Å². The predicted octanol–water partition coefficient (Wildman–Crippen LogP) is 2.86. The molecule has 11 nitrogen and oxygen atoms in total. The van der Waals surface area contributed by atoms with E-state index in [-0.39, 0.29) is 30.4 Å². The third kappa shape index (κ3) is 4.47. The van der Waals surface area contributed by atoms with Gasteiger partial charge in [-0.05, 0) is 37.1 Å². The summed E-state index contributed by atoms with van der Waals surface area (Å²) in [6.45, 7) is 1.78. The van der Waals surface area contributed by atoms with Crippen LogP contribution in [0.25, 0.3) is 10.8 Å². The molecular weight excluding hydrogens is 430 g/mol. The molecule has 2 aromatic carbocycles. The number of anilines is 1. The van der Waals surface area contributed by atoms with Crippen LogP contribution in [0.2, 0.25) is 0 Å². The zero-order valence-electron chi connectivity index (χ0n) is 17.6. The SMILES string of the molecule is Cc1ccc(NC(=O)NCc2ccc3c(O)n(C4CCC(=O)NC4=O)cc3c2)cc1[N+](=O)[O-]. The number of carbonyl (C=O) groups is 3. The minimum atomic E-state index is -0.680. The first kappa shape index (κ1) is 21.8. The van der Waals surface area contributed by atoms with Crippen LogP contribution in [-0.2, 0) is 16.1 Å². The minimum Gasteiger partial charge on any atom is -0.494 e. The molecule has 0 spiro atoms. The monoisotopic (exact) mass is 451 g/mol. The molecule has 1 aliphatic heterocycles. The van der Waals surface area contributed by atoms with Crippen molar-refractivity contribution in [3.63, 3.8) is 0 Å². The molecule has 1 aromatic heterocycles. The highest BCUT2D eigenvalue weighted by Gasteiger charge is 2.30. The number of nitrogens with one attached hydrogen (secondary N) is 3. The lowest BCUT2D eigenvalue weighted by molar-refractivity contribution is -0.385. The van der Waals surface area contributed by atoms with Gasteiger partial charge in [-0.25, -0.2) is 4.79 Å². The first-order valence-corrected chi connectivity index (χ1v) is 10.2. The summed E-state index contributed by atoms with van der Waals surface area (Å²) in [6.07, 6.45) is 2.13. The van der Waals surface area contributed by atoms with Crippen molar-refractivity contribution in [3.05, 3.63) is 63.8 Å². The molecule has 4 amide bonds. The van der Waals surface area contributed by atoms with Crippen molar-refractivity contribution >= 4 is 40.0 Å². The first-order valence-electron chi connectivity index (χ1n) is 10.2. The molecule has 1 atom stereocenters. The van der Waals surface area contributed by atoms with Gasteiger partial charge in [0.2, 0.25) is 11.8 Å². The molecule has 0 radical (unpaired) electrons. The number of amides is 4. The summed E-state index contributed by atoms with van der Waals surface area (Å²) in [7, 11) is 0. The van der Waals surface area contributed by atoms with Crippen molar-refractivity contribution in [2.75, 3.05) is 5.32 Å². The summed E-state index contributed by atoms with van der Waals surface area (Å²) in [5, 5.41) is 30.3. The fourth-order valence-corrected chi connectivity index (χ4v) is 3.81. The molecule has 11 heteroatoms. The van der Waals surface area contributed by atoms with Crippen LogP contribution in [0.15, 0.2) is 42.6 Å². The van der Waals surface area contributed by atoms with Crippen LogP contribution in [-0.4, -0.2) is 32.4 Å². The lowest BCUT2D eigenvalue weighted by Gasteiger charge is -2.22. The largest absolute Gasteiger partial charge is 0.494 e. The number of piperidine rings is 1. The van der Waals surface area contributed by atoms with Gasteiger partial charge in [0, 0.05) is 47.3 Å². The Kier molecular flexibility index (Phi) is 5.69. The molecule has 33 heavy (non-hydrogen) atoms. The third-order valence-electron chi connectivity index (χ3n) is 5.54. The van der Waals surface area contributed by atoms with Crippen LogP contribution in [0.5, 0.6) is 5.88 Å². The zero-order valence-corrected chi connectivity index (χ0v) is 17.6. The van der Waals surface area contributed by atoms with Crippen LogP contribution in [0.1, 0.15) is 30.0 Å². The maximum atomic E-state index is 12.2. The highest BCUT2D eigenvalue weighted by Crippen LogP contribution is 2.33.